The van der Waals surface area contributed by atoms with E-state index in [1.807, 2.05) is 0 Å². The average molecular weight is 505 g/mol. The molecule has 0 saturated heterocycles. The van der Waals surface area contributed by atoms with E-state index >= 15 is 0 Å². The van der Waals surface area contributed by atoms with Crippen LogP contribution in [0.25, 0.3) is 0 Å². The third kappa shape index (κ3) is 2.98. The second-order valence-corrected chi connectivity index (χ2v) is 11.0. The van der Waals surface area contributed by atoms with Crippen LogP contribution in [-0.4, -0.2) is 12.4 Å². The van der Waals surface area contributed by atoms with Gasteiger partial charge in [-0.2, -0.15) is 0 Å². The SMILES string of the molecule is FC(F)(F)C1=C(C(F)(F)F)O[P-]2(Oc3ccccc3)([n+]3ccccc3)(O1)Oc1ccccc1O2. The van der Waals surface area contributed by atoms with E-state index in [0.29, 0.717) is 4.34 Å². The molecule has 2 aromatic carbocycles. The molecule has 0 saturated carbocycles. The van der Waals surface area contributed by atoms with Gasteiger partial charge < -0.3 is 0 Å². The van der Waals surface area contributed by atoms with Gasteiger partial charge >= 0.3 is 187 Å². The molecular formula is C21H14F6NO5P. The number of rotatable bonds is 3. The minimum atomic E-state index is -7.25. The third-order valence-corrected chi connectivity index (χ3v) is 9.00. The van der Waals surface area contributed by atoms with Crippen molar-refractivity contribution in [3.63, 3.8) is 0 Å². The van der Waals surface area contributed by atoms with Crippen molar-refractivity contribution >= 4 is 7.23 Å². The van der Waals surface area contributed by atoms with Gasteiger partial charge in [0.25, 0.3) is 0 Å². The molecule has 0 amide bonds. The summed E-state index contributed by atoms with van der Waals surface area (Å²) in [6.45, 7) is 0. The van der Waals surface area contributed by atoms with E-state index < -0.39 is 31.1 Å². The van der Waals surface area contributed by atoms with Crippen molar-refractivity contribution in [2.75, 3.05) is 0 Å². The van der Waals surface area contributed by atoms with Crippen molar-refractivity contribution in [2.45, 2.75) is 12.4 Å². The Morgan fingerprint density at radius 1 is 0.588 bits per heavy atom. The van der Waals surface area contributed by atoms with Gasteiger partial charge in [0.2, 0.25) is 0 Å². The molecule has 0 fully saturated rings. The zero-order chi connectivity index (χ0) is 24.3. The fourth-order valence-corrected chi connectivity index (χ4v) is 7.97. The molecule has 0 atom stereocenters. The van der Waals surface area contributed by atoms with Gasteiger partial charge in [-0.25, -0.2) is 0 Å². The molecule has 0 aliphatic carbocycles. The van der Waals surface area contributed by atoms with Gasteiger partial charge in [0, 0.05) is 0 Å². The number of nitrogens with zero attached hydrogens (tertiary/aromatic N) is 1. The number of aromatic nitrogens is 1. The molecule has 0 radical (unpaired) electrons. The number of hydrogen-bond donors (Lipinski definition) is 0. The Hall–Kier alpha value is -3.66. The van der Waals surface area contributed by atoms with Crippen LogP contribution in [0.5, 0.6) is 17.2 Å². The third-order valence-electron chi connectivity index (χ3n) is 4.92. The Bertz CT molecular complexity index is 1260. The zero-order valence-electron chi connectivity index (χ0n) is 16.8. The first-order chi connectivity index (χ1) is 15.9. The normalized spacial score (nSPS) is 21.5. The summed E-state index contributed by atoms with van der Waals surface area (Å²) in [5.74, 6) is -5.76. The molecular weight excluding hydrogens is 491 g/mol. The predicted octanol–water partition coefficient (Wildman–Crippen LogP) is 6.33. The van der Waals surface area contributed by atoms with Crippen molar-refractivity contribution < 1.29 is 53.3 Å². The van der Waals surface area contributed by atoms with Gasteiger partial charge in [0.15, 0.2) is 0 Å². The fraction of sp³-hybridized carbons (Fsp3) is 0.0952. The van der Waals surface area contributed by atoms with Crippen LogP contribution in [0.4, 0.5) is 26.3 Å². The monoisotopic (exact) mass is 505 g/mol. The summed E-state index contributed by atoms with van der Waals surface area (Å²) < 4.78 is 113. The molecule has 0 unspecified atom stereocenters. The molecule has 6 nitrogen and oxygen atoms in total. The van der Waals surface area contributed by atoms with Crippen molar-refractivity contribution in [2.24, 2.45) is 0 Å². The maximum atomic E-state index is 14.0. The number of para-hydroxylation sites is 3. The van der Waals surface area contributed by atoms with Crippen LogP contribution >= 0.6 is 7.23 Å². The van der Waals surface area contributed by atoms with Crippen LogP contribution in [-0.2, 0) is 9.05 Å². The molecule has 0 N–H and O–H groups in total. The molecule has 5 rings (SSSR count). The first kappa shape index (κ1) is 22.1. The van der Waals surface area contributed by atoms with E-state index in [1.54, 1.807) is 6.07 Å². The van der Waals surface area contributed by atoms with E-state index in [0.717, 1.165) is 12.4 Å². The topological polar surface area (TPSA) is 50.0 Å². The van der Waals surface area contributed by atoms with Gasteiger partial charge in [-0.05, 0) is 0 Å². The van der Waals surface area contributed by atoms with E-state index in [1.165, 1.54) is 66.7 Å². The van der Waals surface area contributed by atoms with Crippen molar-refractivity contribution in [1.29, 1.82) is 0 Å². The van der Waals surface area contributed by atoms with Gasteiger partial charge in [-0.15, -0.1) is 0 Å². The van der Waals surface area contributed by atoms with E-state index in [-0.39, 0.29) is 17.2 Å². The molecule has 3 aromatic rings. The van der Waals surface area contributed by atoms with Gasteiger partial charge in [0.1, 0.15) is 0 Å². The molecule has 2 aliphatic heterocycles. The average Bonchev–Trinajstić information content (AvgIpc) is 3.28. The molecule has 1 spiro atoms. The Balaban J connectivity index is 1.89. The second kappa shape index (κ2) is 6.47. The molecule has 13 heteroatoms. The number of hydrogen-bond acceptors (Lipinski definition) is 5. The Morgan fingerprint density at radius 2 is 1.03 bits per heavy atom. The van der Waals surface area contributed by atoms with Crippen LogP contribution in [0.3, 0.4) is 0 Å². The fourth-order valence-electron chi connectivity index (χ4n) is 3.62. The molecule has 0 bridgehead atoms. The summed E-state index contributed by atoms with van der Waals surface area (Å²) in [5, 5.41) is 0. The second-order valence-electron chi connectivity index (χ2n) is 7.28. The Kier molecular flexibility index (Phi) is 4.22. The molecule has 1 aromatic heterocycles. The predicted molar refractivity (Wildman–Crippen MR) is 105 cm³/mol. The summed E-state index contributed by atoms with van der Waals surface area (Å²) in [4.78, 5) is 0. The molecule has 2 aliphatic rings. The first-order valence-electron chi connectivity index (χ1n) is 9.61. The zero-order valence-corrected chi connectivity index (χ0v) is 17.7. The number of pyridine rings is 1. The molecule has 3 heterocycles. The van der Waals surface area contributed by atoms with Crippen LogP contribution in [0.1, 0.15) is 0 Å². The van der Waals surface area contributed by atoms with Crippen LogP contribution in [0.2, 0.25) is 0 Å². The van der Waals surface area contributed by atoms with Gasteiger partial charge in [0.05, 0.1) is 0 Å². The number of allylic oxidation sites excluding steroid dienone is 2. The Labute approximate surface area is 187 Å². The van der Waals surface area contributed by atoms with Crippen LogP contribution < -0.4 is 17.9 Å². The van der Waals surface area contributed by atoms with Gasteiger partial charge in [-0.3, -0.25) is 0 Å². The molecule has 180 valence electrons. The van der Waals surface area contributed by atoms with E-state index in [2.05, 4.69) is 0 Å². The van der Waals surface area contributed by atoms with E-state index in [9.17, 15) is 26.3 Å². The summed E-state index contributed by atoms with van der Waals surface area (Å²) >= 11 is 0. The summed E-state index contributed by atoms with van der Waals surface area (Å²) in [6.07, 6.45) is -9.18. The quantitative estimate of drug-likeness (QED) is 0.308. The Morgan fingerprint density at radius 3 is 1.50 bits per heavy atom. The summed E-state index contributed by atoms with van der Waals surface area (Å²) in [5.41, 5.74) is 0. The van der Waals surface area contributed by atoms with E-state index in [4.69, 9.17) is 22.6 Å². The summed E-state index contributed by atoms with van der Waals surface area (Å²) in [6, 6.07) is 16.5. The van der Waals surface area contributed by atoms with Gasteiger partial charge in [-0.1, -0.05) is 0 Å². The number of halogens is 6. The van der Waals surface area contributed by atoms with Crippen molar-refractivity contribution in [1.82, 2.24) is 0 Å². The van der Waals surface area contributed by atoms with Crippen molar-refractivity contribution in [3.8, 4) is 17.2 Å². The minimum absolute atomic E-state index is 0.243. The number of benzene rings is 2. The van der Waals surface area contributed by atoms with Crippen LogP contribution in [0.15, 0.2) is 96.7 Å². The maximum absolute atomic E-state index is 14.0. The number of alkyl halides is 6. The molecule has 34 heavy (non-hydrogen) atoms. The standard InChI is InChI=1S/C21H14F6NO5P/c22-20(23,24)18-19(21(25,26)27)33-34(32-18,28-13-7-2-8-14-28,29-15-9-3-1-4-10-15)30-16-11-5-6-12-17(16)31-34/h1-14H. The van der Waals surface area contributed by atoms with Crippen LogP contribution in [0, 0.1) is 0 Å². The summed E-state index contributed by atoms with van der Waals surface area (Å²) in [7, 11) is -7.25. The number of fused-ring (bicyclic) bond motifs is 1. The first-order valence-corrected chi connectivity index (χ1v) is 11.8. The van der Waals surface area contributed by atoms with Crippen molar-refractivity contribution in [3.05, 3.63) is 96.7 Å².